The molecule has 0 spiro atoms. The second-order valence-corrected chi connectivity index (χ2v) is 6.50. The van der Waals surface area contributed by atoms with Crippen molar-refractivity contribution in [1.82, 2.24) is 0 Å². The zero-order chi connectivity index (χ0) is 27.5. The maximum Gasteiger partial charge on any atom is 0.329 e. The number of rotatable bonds is 11. The van der Waals surface area contributed by atoms with Gasteiger partial charge in [0.15, 0.2) is 22.7 Å². The molecule has 0 amide bonds. The molecular weight excluding hydrogens is 500 g/mol. The number of benzene rings is 2. The van der Waals surface area contributed by atoms with Gasteiger partial charge in [0.1, 0.15) is 0 Å². The maximum absolute atomic E-state index is 11.4. The fraction of sp³-hybridized carbons (Fsp3) is 0.143. The van der Waals surface area contributed by atoms with Gasteiger partial charge in [-0.3, -0.25) is 60.7 Å². The largest absolute Gasteiger partial charge is 0.387 e. The molecule has 2 aromatic carbocycles. The molecule has 0 bridgehead atoms. The lowest BCUT2D eigenvalue weighted by Gasteiger charge is -2.12. The summed E-state index contributed by atoms with van der Waals surface area (Å²) in [5.41, 5.74) is 0.361. The van der Waals surface area contributed by atoms with Gasteiger partial charge in [-0.25, -0.2) is 0 Å². The van der Waals surface area contributed by atoms with Gasteiger partial charge in [0.25, 0.3) is 0 Å². The van der Waals surface area contributed by atoms with E-state index < -0.39 is 99.5 Å². The second kappa shape index (κ2) is 9.89. The smallest absolute Gasteiger partial charge is 0.329 e. The van der Waals surface area contributed by atoms with Crippen LogP contribution in [0.15, 0.2) is 12.1 Å². The molecule has 0 radical (unpaired) electrons. The van der Waals surface area contributed by atoms with Gasteiger partial charge >= 0.3 is 34.1 Å². The average molecular weight is 512 g/mol. The highest BCUT2D eigenvalue weighted by molar-refractivity contribution is 5.90. The molecule has 2 aromatic rings. The van der Waals surface area contributed by atoms with E-state index in [0.717, 1.165) is 0 Å². The van der Waals surface area contributed by atoms with Crippen molar-refractivity contribution in [3.05, 3.63) is 72.8 Å². The number of nitro groups is 6. The molecule has 22 nitrogen and oxygen atoms in total. The monoisotopic (exact) mass is 512 g/mol. The van der Waals surface area contributed by atoms with Crippen LogP contribution >= 0.6 is 0 Å². The van der Waals surface area contributed by atoms with Crippen molar-refractivity contribution in [3.8, 4) is 0 Å². The Labute approximate surface area is 195 Å². The molecule has 22 heteroatoms. The normalized spacial score (nSPS) is 10.3. The quantitative estimate of drug-likeness (QED) is 0.144. The van der Waals surface area contributed by atoms with Gasteiger partial charge in [0.05, 0.1) is 41.7 Å². The van der Waals surface area contributed by atoms with Gasteiger partial charge in [-0.05, 0) is 0 Å². The molecule has 0 saturated carbocycles. The molecule has 0 aliphatic heterocycles. The Morgan fingerprint density at radius 1 is 0.528 bits per heavy atom. The molecule has 0 atom stereocenters. The van der Waals surface area contributed by atoms with Crippen LogP contribution in [0.5, 0.6) is 0 Å². The molecule has 0 saturated heterocycles. The van der Waals surface area contributed by atoms with Crippen LogP contribution in [0.1, 0.15) is 0 Å². The van der Waals surface area contributed by atoms with Gasteiger partial charge in [-0.1, -0.05) is 0 Å². The third kappa shape index (κ3) is 4.85. The lowest BCUT2D eigenvalue weighted by molar-refractivity contribution is -0.400. The van der Waals surface area contributed by atoms with E-state index in [1.165, 1.54) is 0 Å². The Hall–Kier alpha value is -5.96. The summed E-state index contributed by atoms with van der Waals surface area (Å²) < 4.78 is 0. The van der Waals surface area contributed by atoms with Crippen molar-refractivity contribution in [1.29, 1.82) is 0 Å². The zero-order valence-corrected chi connectivity index (χ0v) is 17.3. The van der Waals surface area contributed by atoms with E-state index in [2.05, 4.69) is 10.6 Å². The van der Waals surface area contributed by atoms with Crippen LogP contribution in [0.3, 0.4) is 0 Å². The van der Waals surface area contributed by atoms with E-state index in [1.807, 2.05) is 0 Å². The molecule has 0 unspecified atom stereocenters. The van der Waals surface area contributed by atoms with Crippen LogP contribution < -0.4 is 22.1 Å². The van der Waals surface area contributed by atoms with Gasteiger partial charge in [0, 0.05) is 13.1 Å². The topological polar surface area (TPSA) is 335 Å². The number of hydrogen-bond donors (Lipinski definition) is 4. The summed E-state index contributed by atoms with van der Waals surface area (Å²) in [6, 6.07) is 0.760. The Balaban J connectivity index is 2.48. The van der Waals surface area contributed by atoms with E-state index in [4.69, 9.17) is 11.5 Å². The predicted octanol–water partition coefficient (Wildman–Crippen LogP) is 1.82. The minimum atomic E-state index is -1.21. The second-order valence-electron chi connectivity index (χ2n) is 6.50. The maximum atomic E-state index is 11.4. The summed E-state index contributed by atoms with van der Waals surface area (Å²) in [5.74, 6) is 0. The van der Waals surface area contributed by atoms with Gasteiger partial charge in [-0.2, -0.15) is 0 Å². The van der Waals surface area contributed by atoms with Crippen molar-refractivity contribution in [3.63, 3.8) is 0 Å². The number of hydrogen-bond acceptors (Lipinski definition) is 16. The summed E-state index contributed by atoms with van der Waals surface area (Å²) in [5, 5.41) is 72.1. The van der Waals surface area contributed by atoms with Crippen molar-refractivity contribution in [2.24, 2.45) is 0 Å². The third-order valence-corrected chi connectivity index (χ3v) is 4.48. The number of nitro benzene ring substituents is 6. The van der Waals surface area contributed by atoms with E-state index in [9.17, 15) is 60.7 Å². The predicted molar refractivity (Wildman–Crippen MR) is 119 cm³/mol. The first kappa shape index (κ1) is 26.3. The fourth-order valence-electron chi connectivity index (χ4n) is 3.01. The van der Waals surface area contributed by atoms with E-state index in [-0.39, 0.29) is 0 Å². The van der Waals surface area contributed by atoms with Crippen molar-refractivity contribution < 1.29 is 29.5 Å². The number of nitrogens with one attached hydrogen (secondary N) is 2. The van der Waals surface area contributed by atoms with Crippen molar-refractivity contribution in [2.75, 3.05) is 35.2 Å². The van der Waals surface area contributed by atoms with E-state index in [0.29, 0.717) is 12.1 Å². The van der Waals surface area contributed by atoms with Gasteiger partial charge in [-0.15, -0.1) is 0 Å². The van der Waals surface area contributed by atoms with Crippen LogP contribution in [0, 0.1) is 60.7 Å². The summed E-state index contributed by atoms with van der Waals surface area (Å²) in [6.07, 6.45) is 0. The molecular formula is C14H12N10O12. The van der Waals surface area contributed by atoms with Gasteiger partial charge in [0.2, 0.25) is 0 Å². The molecule has 0 heterocycles. The molecule has 190 valence electrons. The lowest BCUT2D eigenvalue weighted by Crippen LogP contribution is -2.18. The Morgan fingerprint density at radius 3 is 1.03 bits per heavy atom. The first-order chi connectivity index (χ1) is 16.7. The summed E-state index contributed by atoms with van der Waals surface area (Å²) >= 11 is 0. The zero-order valence-electron chi connectivity index (χ0n) is 17.3. The highest BCUT2D eigenvalue weighted by Gasteiger charge is 2.37. The molecule has 36 heavy (non-hydrogen) atoms. The molecule has 6 N–H and O–H groups in total. The van der Waals surface area contributed by atoms with Crippen LogP contribution in [-0.2, 0) is 0 Å². The number of nitrogens with zero attached hydrogens (tertiary/aromatic N) is 6. The highest BCUT2D eigenvalue weighted by atomic mass is 16.6. The molecule has 0 aliphatic rings. The Kier molecular flexibility index (Phi) is 7.23. The number of nitrogens with two attached hydrogens (primary N) is 2. The SMILES string of the molecule is Nc1c([N+](=O)[O-])cc([N+](=O)[O-])c(NCCNc2c([N+](=O)[O-])cc([N+](=O)[O-])c(N)c2[N+](=O)[O-])c1[N+](=O)[O-]. The molecule has 2 rings (SSSR count). The average Bonchev–Trinajstić information content (AvgIpc) is 2.74. The molecule has 0 fully saturated rings. The van der Waals surface area contributed by atoms with E-state index in [1.54, 1.807) is 0 Å². The fourth-order valence-corrected chi connectivity index (χ4v) is 3.01. The minimum Gasteiger partial charge on any atom is -0.387 e. The van der Waals surface area contributed by atoms with Crippen LogP contribution in [-0.4, -0.2) is 42.6 Å². The standard InChI is InChI=1S/C14H12N10O12/c15-9-5(19(25)26)3-7(21(29)30)11(13(9)23(33)34)17-1-2-18-12-8(22(31)32)4-6(20(27)28)10(16)14(12)24(35)36/h3-4,17-18H,1-2,15-16H2. The minimum absolute atomic E-state index is 0.380. The number of anilines is 4. The van der Waals surface area contributed by atoms with Crippen LogP contribution in [0.4, 0.5) is 56.9 Å². The molecule has 0 aromatic heterocycles. The summed E-state index contributed by atoms with van der Waals surface area (Å²) in [6.45, 7) is -1.10. The van der Waals surface area contributed by atoms with Crippen LogP contribution in [0.25, 0.3) is 0 Å². The first-order valence-corrected chi connectivity index (χ1v) is 8.97. The molecule has 0 aliphatic carbocycles. The van der Waals surface area contributed by atoms with Gasteiger partial charge < -0.3 is 22.1 Å². The lowest BCUT2D eigenvalue weighted by atomic mass is 10.1. The Morgan fingerprint density at radius 2 is 0.806 bits per heavy atom. The van der Waals surface area contributed by atoms with Crippen molar-refractivity contribution >= 4 is 56.9 Å². The number of nitrogen functional groups attached to an aromatic ring is 2. The summed E-state index contributed by atoms with van der Waals surface area (Å²) in [4.78, 5) is 60.5. The highest BCUT2D eigenvalue weighted by Crippen LogP contribution is 2.45. The first-order valence-electron chi connectivity index (χ1n) is 8.97. The van der Waals surface area contributed by atoms with Crippen molar-refractivity contribution in [2.45, 2.75) is 0 Å². The Bertz CT molecular complexity index is 1240. The summed E-state index contributed by atoms with van der Waals surface area (Å²) in [7, 11) is 0. The van der Waals surface area contributed by atoms with E-state index >= 15 is 0 Å². The third-order valence-electron chi connectivity index (χ3n) is 4.48. The van der Waals surface area contributed by atoms with Crippen LogP contribution in [0.2, 0.25) is 0 Å².